The lowest BCUT2D eigenvalue weighted by Crippen LogP contribution is -1.99. The Kier molecular flexibility index (Phi) is 3.28. The maximum Gasteiger partial charge on any atom is 0.135 e. The molecule has 0 radical (unpaired) electrons. The van der Waals surface area contributed by atoms with Gasteiger partial charge in [0.1, 0.15) is 16.3 Å². The highest BCUT2D eigenvalue weighted by Gasteiger charge is 2.15. The Morgan fingerprint density at radius 1 is 1.29 bits per heavy atom. The van der Waals surface area contributed by atoms with Gasteiger partial charge in [-0.25, -0.2) is 13.8 Å². The SMILES string of the molecule is CCc1c(-c2c(F)cccc2F)[nH]cnc1=S. The summed E-state index contributed by atoms with van der Waals surface area (Å²) in [4.78, 5) is 6.68. The van der Waals surface area contributed by atoms with Gasteiger partial charge < -0.3 is 4.98 Å². The number of nitrogens with zero attached hydrogens (tertiary/aromatic N) is 1. The van der Waals surface area contributed by atoms with Crippen LogP contribution < -0.4 is 0 Å². The minimum Gasteiger partial charge on any atom is -0.345 e. The fourth-order valence-electron chi connectivity index (χ4n) is 1.72. The quantitative estimate of drug-likeness (QED) is 0.826. The van der Waals surface area contributed by atoms with E-state index in [2.05, 4.69) is 9.97 Å². The minimum absolute atomic E-state index is 0.0853. The molecule has 1 aromatic heterocycles. The lowest BCUT2D eigenvalue weighted by Gasteiger charge is -2.09. The van der Waals surface area contributed by atoms with Gasteiger partial charge in [0.2, 0.25) is 0 Å². The zero-order chi connectivity index (χ0) is 12.4. The van der Waals surface area contributed by atoms with Crippen molar-refractivity contribution in [2.75, 3.05) is 0 Å². The normalized spacial score (nSPS) is 10.5. The average molecular weight is 252 g/mol. The van der Waals surface area contributed by atoms with E-state index in [-0.39, 0.29) is 5.56 Å². The number of benzene rings is 1. The van der Waals surface area contributed by atoms with Gasteiger partial charge in [-0.15, -0.1) is 0 Å². The molecule has 0 bridgehead atoms. The van der Waals surface area contributed by atoms with Gasteiger partial charge in [-0.1, -0.05) is 25.2 Å². The van der Waals surface area contributed by atoms with Crippen molar-refractivity contribution in [2.45, 2.75) is 13.3 Å². The molecule has 2 rings (SSSR count). The van der Waals surface area contributed by atoms with Crippen LogP contribution in [0.2, 0.25) is 0 Å². The molecule has 0 aliphatic heterocycles. The molecule has 2 nitrogen and oxygen atoms in total. The third-order valence-corrected chi connectivity index (χ3v) is 2.87. The molecule has 0 saturated carbocycles. The first-order valence-corrected chi connectivity index (χ1v) is 5.57. The van der Waals surface area contributed by atoms with Gasteiger partial charge in [0.15, 0.2) is 0 Å². The van der Waals surface area contributed by atoms with Crippen LogP contribution in [0.25, 0.3) is 11.3 Å². The largest absolute Gasteiger partial charge is 0.345 e. The van der Waals surface area contributed by atoms with Crippen molar-refractivity contribution in [1.82, 2.24) is 9.97 Å². The fraction of sp³-hybridized carbons (Fsp3) is 0.167. The molecule has 0 spiro atoms. The van der Waals surface area contributed by atoms with Crippen LogP contribution in [0, 0.1) is 16.3 Å². The van der Waals surface area contributed by atoms with Crippen molar-refractivity contribution in [3.05, 3.63) is 46.4 Å². The molecule has 0 amide bonds. The number of H-pyrrole nitrogens is 1. The van der Waals surface area contributed by atoms with E-state index in [1.54, 1.807) is 0 Å². The fourth-order valence-corrected chi connectivity index (χ4v) is 2.01. The number of aromatic nitrogens is 2. The zero-order valence-corrected chi connectivity index (χ0v) is 9.94. The second-order valence-corrected chi connectivity index (χ2v) is 3.90. The topological polar surface area (TPSA) is 28.7 Å². The summed E-state index contributed by atoms with van der Waals surface area (Å²) in [6.45, 7) is 1.86. The molecule has 1 aromatic carbocycles. The molecule has 1 N–H and O–H groups in total. The molecular weight excluding hydrogens is 242 g/mol. The van der Waals surface area contributed by atoms with Gasteiger partial charge in [-0.05, 0) is 18.6 Å². The van der Waals surface area contributed by atoms with E-state index in [4.69, 9.17) is 12.2 Å². The first-order valence-electron chi connectivity index (χ1n) is 5.16. The predicted octanol–water partition coefficient (Wildman–Crippen LogP) is 3.65. The Labute approximate surface area is 102 Å². The molecule has 0 fully saturated rings. The Balaban J connectivity index is 2.77. The minimum atomic E-state index is -0.614. The molecule has 0 aliphatic carbocycles. The van der Waals surface area contributed by atoms with E-state index in [0.717, 1.165) is 0 Å². The molecule has 0 aliphatic rings. The van der Waals surface area contributed by atoms with E-state index < -0.39 is 11.6 Å². The summed E-state index contributed by atoms with van der Waals surface area (Å²) < 4.78 is 27.7. The van der Waals surface area contributed by atoms with Crippen LogP contribution in [0.1, 0.15) is 12.5 Å². The van der Waals surface area contributed by atoms with Gasteiger partial charge in [0, 0.05) is 5.56 Å². The maximum atomic E-state index is 13.7. The molecule has 88 valence electrons. The summed E-state index contributed by atoms with van der Waals surface area (Å²) >= 11 is 5.05. The summed E-state index contributed by atoms with van der Waals surface area (Å²) in [5.74, 6) is -1.23. The van der Waals surface area contributed by atoms with Crippen LogP contribution in [0.3, 0.4) is 0 Å². The van der Waals surface area contributed by atoms with Crippen LogP contribution in [0.5, 0.6) is 0 Å². The van der Waals surface area contributed by atoms with Crippen LogP contribution in [0.15, 0.2) is 24.5 Å². The molecule has 0 saturated heterocycles. The van der Waals surface area contributed by atoms with Crippen LogP contribution in [0.4, 0.5) is 8.78 Å². The number of nitrogens with one attached hydrogen (secondary N) is 1. The van der Waals surface area contributed by atoms with Crippen molar-refractivity contribution in [3.63, 3.8) is 0 Å². The molecular formula is C12H10F2N2S. The number of rotatable bonds is 2. The number of halogens is 2. The van der Waals surface area contributed by atoms with Gasteiger partial charge in [-0.2, -0.15) is 0 Å². The van der Waals surface area contributed by atoms with E-state index in [1.807, 2.05) is 6.92 Å². The highest BCUT2D eigenvalue weighted by Crippen LogP contribution is 2.27. The van der Waals surface area contributed by atoms with Gasteiger partial charge in [-0.3, -0.25) is 0 Å². The summed E-state index contributed by atoms with van der Waals surface area (Å²) in [5.41, 5.74) is 0.924. The third kappa shape index (κ3) is 2.10. The van der Waals surface area contributed by atoms with E-state index in [0.29, 0.717) is 22.3 Å². The Hall–Kier alpha value is -1.62. The molecule has 0 unspecified atom stereocenters. The van der Waals surface area contributed by atoms with E-state index in [9.17, 15) is 8.78 Å². The second-order valence-electron chi connectivity index (χ2n) is 3.51. The first kappa shape index (κ1) is 11.9. The van der Waals surface area contributed by atoms with Crippen molar-refractivity contribution in [2.24, 2.45) is 0 Å². The van der Waals surface area contributed by atoms with Gasteiger partial charge in [0.05, 0.1) is 17.6 Å². The highest BCUT2D eigenvalue weighted by molar-refractivity contribution is 7.71. The van der Waals surface area contributed by atoms with Crippen molar-refractivity contribution >= 4 is 12.2 Å². The number of hydrogen-bond donors (Lipinski definition) is 1. The smallest absolute Gasteiger partial charge is 0.135 e. The first-order chi connectivity index (χ1) is 8.15. The monoisotopic (exact) mass is 252 g/mol. The Bertz CT molecular complexity index is 587. The lowest BCUT2D eigenvalue weighted by atomic mass is 10.0. The molecule has 17 heavy (non-hydrogen) atoms. The second kappa shape index (κ2) is 4.71. The standard InChI is InChI=1S/C12H10F2N2S/c1-2-7-11(15-6-16-12(7)17)10-8(13)4-3-5-9(10)14/h3-6H,2H2,1H3,(H,15,16,17). The summed E-state index contributed by atoms with van der Waals surface area (Å²) in [5, 5.41) is 0. The number of hydrogen-bond acceptors (Lipinski definition) is 2. The summed E-state index contributed by atoms with van der Waals surface area (Å²) in [6, 6.07) is 3.76. The Morgan fingerprint density at radius 2 is 1.94 bits per heavy atom. The van der Waals surface area contributed by atoms with Crippen LogP contribution in [-0.4, -0.2) is 9.97 Å². The zero-order valence-electron chi connectivity index (χ0n) is 9.13. The molecule has 5 heteroatoms. The third-order valence-electron chi connectivity index (χ3n) is 2.52. The Morgan fingerprint density at radius 3 is 2.53 bits per heavy atom. The highest BCUT2D eigenvalue weighted by atomic mass is 32.1. The van der Waals surface area contributed by atoms with Gasteiger partial charge in [0.25, 0.3) is 0 Å². The molecule has 1 heterocycles. The average Bonchev–Trinajstić information content (AvgIpc) is 2.29. The summed E-state index contributed by atoms with van der Waals surface area (Å²) in [7, 11) is 0. The molecule has 2 aromatic rings. The van der Waals surface area contributed by atoms with Crippen molar-refractivity contribution in [1.29, 1.82) is 0 Å². The predicted molar refractivity (Wildman–Crippen MR) is 64.2 cm³/mol. The van der Waals surface area contributed by atoms with E-state index in [1.165, 1.54) is 24.5 Å². The van der Waals surface area contributed by atoms with Crippen molar-refractivity contribution in [3.8, 4) is 11.3 Å². The summed E-state index contributed by atoms with van der Waals surface area (Å²) in [6.07, 6.45) is 1.91. The van der Waals surface area contributed by atoms with E-state index >= 15 is 0 Å². The van der Waals surface area contributed by atoms with Gasteiger partial charge >= 0.3 is 0 Å². The van der Waals surface area contributed by atoms with Crippen LogP contribution in [-0.2, 0) is 6.42 Å². The number of aromatic amines is 1. The van der Waals surface area contributed by atoms with Crippen LogP contribution >= 0.6 is 12.2 Å². The lowest BCUT2D eigenvalue weighted by molar-refractivity contribution is 0.588. The van der Waals surface area contributed by atoms with Crippen molar-refractivity contribution < 1.29 is 8.78 Å². The maximum absolute atomic E-state index is 13.7. The molecule has 0 atom stereocenters.